The molecular weight excluding hydrogens is 488 g/mol. The highest BCUT2D eigenvalue weighted by Crippen LogP contribution is 2.27. The zero-order valence-electron chi connectivity index (χ0n) is 19.6. The molecule has 0 spiro atoms. The average molecular weight is 517 g/mol. The fourth-order valence-corrected chi connectivity index (χ4v) is 5.27. The number of aromatic nitrogens is 2. The SMILES string of the molecule is Cc1ccc(NC(=O)[C@H]2CCCN(Cc3nc4ccccc4n3-c3cccc(Br)c3)C2)c(C)c1. The Balaban J connectivity index is 1.37. The number of fused-ring (bicyclic) bond motifs is 1. The average Bonchev–Trinajstić information content (AvgIpc) is 3.18. The van der Waals surface area contributed by atoms with Crippen molar-refractivity contribution in [1.82, 2.24) is 14.5 Å². The van der Waals surface area contributed by atoms with Crippen LogP contribution in [0.4, 0.5) is 5.69 Å². The van der Waals surface area contributed by atoms with Gasteiger partial charge in [-0.3, -0.25) is 14.3 Å². The van der Waals surface area contributed by atoms with Crippen LogP contribution in [0.1, 0.15) is 29.8 Å². The number of amides is 1. The maximum atomic E-state index is 13.1. The molecular formula is C28H29BrN4O. The number of hydrogen-bond donors (Lipinski definition) is 1. The third kappa shape index (κ3) is 4.79. The van der Waals surface area contributed by atoms with Gasteiger partial charge in [0.15, 0.2) is 0 Å². The standard InChI is InChI=1S/C28H29BrN4O/c1-19-12-13-24(20(2)15-19)31-28(34)21-7-6-14-32(17-21)18-27-30-25-10-3-4-11-26(25)33(27)23-9-5-8-22(29)16-23/h3-5,8-13,15-16,21H,6-7,14,17-18H2,1-2H3,(H,31,34)/t21-/m0/s1. The van der Waals surface area contributed by atoms with E-state index in [-0.39, 0.29) is 11.8 Å². The van der Waals surface area contributed by atoms with Gasteiger partial charge in [-0.25, -0.2) is 4.98 Å². The van der Waals surface area contributed by atoms with Crippen LogP contribution in [0.25, 0.3) is 16.7 Å². The number of para-hydroxylation sites is 2. The Hall–Kier alpha value is -2.96. The lowest BCUT2D eigenvalue weighted by atomic mass is 9.96. The van der Waals surface area contributed by atoms with Crippen LogP contribution < -0.4 is 5.32 Å². The smallest absolute Gasteiger partial charge is 0.228 e. The predicted octanol–water partition coefficient (Wildman–Crippen LogP) is 6.26. The topological polar surface area (TPSA) is 50.2 Å². The third-order valence-electron chi connectivity index (χ3n) is 6.58. The molecule has 1 fully saturated rings. The van der Waals surface area contributed by atoms with Gasteiger partial charge < -0.3 is 5.32 Å². The van der Waals surface area contributed by atoms with Crippen molar-refractivity contribution < 1.29 is 4.79 Å². The molecule has 6 heteroatoms. The van der Waals surface area contributed by atoms with E-state index in [2.05, 4.69) is 74.0 Å². The lowest BCUT2D eigenvalue weighted by Gasteiger charge is -2.32. The van der Waals surface area contributed by atoms with Gasteiger partial charge >= 0.3 is 0 Å². The Morgan fingerprint density at radius 1 is 1.09 bits per heavy atom. The molecule has 1 atom stereocenters. The summed E-state index contributed by atoms with van der Waals surface area (Å²) in [5.41, 5.74) is 6.37. The van der Waals surface area contributed by atoms with Gasteiger partial charge in [-0.2, -0.15) is 0 Å². The highest BCUT2D eigenvalue weighted by Gasteiger charge is 2.27. The van der Waals surface area contributed by atoms with Crippen LogP contribution in [0.5, 0.6) is 0 Å². The van der Waals surface area contributed by atoms with Gasteiger partial charge in [0, 0.05) is 22.4 Å². The fourth-order valence-electron chi connectivity index (χ4n) is 4.89. The summed E-state index contributed by atoms with van der Waals surface area (Å²) < 4.78 is 3.27. The summed E-state index contributed by atoms with van der Waals surface area (Å²) in [6.45, 7) is 6.52. The molecule has 0 unspecified atom stereocenters. The van der Waals surface area contributed by atoms with Crippen molar-refractivity contribution in [2.45, 2.75) is 33.2 Å². The Kier molecular flexibility index (Phi) is 6.53. The number of likely N-dealkylation sites (tertiary alicyclic amines) is 1. The quantitative estimate of drug-likeness (QED) is 0.340. The number of carbonyl (C=O) groups is 1. The molecule has 1 amide bonds. The lowest BCUT2D eigenvalue weighted by molar-refractivity contribution is -0.121. The van der Waals surface area contributed by atoms with Gasteiger partial charge in [-0.05, 0) is 75.2 Å². The first kappa shape index (κ1) is 22.8. The van der Waals surface area contributed by atoms with Crippen molar-refractivity contribution in [3.05, 3.63) is 88.2 Å². The number of hydrogen-bond acceptors (Lipinski definition) is 3. The van der Waals surface area contributed by atoms with Crippen molar-refractivity contribution in [3.8, 4) is 5.69 Å². The highest BCUT2D eigenvalue weighted by molar-refractivity contribution is 9.10. The first-order valence-electron chi connectivity index (χ1n) is 11.8. The minimum Gasteiger partial charge on any atom is -0.326 e. The monoisotopic (exact) mass is 516 g/mol. The van der Waals surface area contributed by atoms with Crippen LogP contribution >= 0.6 is 15.9 Å². The molecule has 5 nitrogen and oxygen atoms in total. The Morgan fingerprint density at radius 3 is 2.76 bits per heavy atom. The number of piperidine rings is 1. The molecule has 34 heavy (non-hydrogen) atoms. The zero-order valence-corrected chi connectivity index (χ0v) is 21.2. The van der Waals surface area contributed by atoms with E-state index in [1.165, 1.54) is 5.56 Å². The third-order valence-corrected chi connectivity index (χ3v) is 7.07. The number of halogens is 1. The number of rotatable bonds is 5. The normalized spacial score (nSPS) is 16.6. The van der Waals surface area contributed by atoms with Gasteiger partial charge in [-0.1, -0.05) is 51.8 Å². The van der Waals surface area contributed by atoms with E-state index in [1.54, 1.807) is 0 Å². The summed E-state index contributed by atoms with van der Waals surface area (Å²) in [4.78, 5) is 20.4. The molecule has 3 aromatic carbocycles. The zero-order chi connectivity index (χ0) is 23.7. The first-order valence-corrected chi connectivity index (χ1v) is 12.6. The second kappa shape index (κ2) is 9.72. The molecule has 1 N–H and O–H groups in total. The van der Waals surface area contributed by atoms with E-state index in [4.69, 9.17) is 4.98 Å². The van der Waals surface area contributed by atoms with Crippen LogP contribution in [0.2, 0.25) is 0 Å². The van der Waals surface area contributed by atoms with E-state index in [1.807, 2.05) is 37.3 Å². The summed E-state index contributed by atoms with van der Waals surface area (Å²) in [5.74, 6) is 1.07. The van der Waals surface area contributed by atoms with E-state index in [0.29, 0.717) is 6.54 Å². The minimum absolute atomic E-state index is 0.0295. The number of carbonyl (C=O) groups excluding carboxylic acids is 1. The highest BCUT2D eigenvalue weighted by atomic mass is 79.9. The Bertz CT molecular complexity index is 1350. The molecule has 2 heterocycles. The summed E-state index contributed by atoms with van der Waals surface area (Å²) in [6.07, 6.45) is 1.91. The molecule has 174 valence electrons. The van der Waals surface area contributed by atoms with Gasteiger partial charge in [0.25, 0.3) is 0 Å². The second-order valence-electron chi connectivity index (χ2n) is 9.21. The molecule has 1 aromatic heterocycles. The predicted molar refractivity (Wildman–Crippen MR) is 141 cm³/mol. The Morgan fingerprint density at radius 2 is 1.94 bits per heavy atom. The van der Waals surface area contributed by atoms with Crippen molar-refractivity contribution in [1.29, 1.82) is 0 Å². The molecule has 1 saturated heterocycles. The number of imidazole rings is 1. The van der Waals surface area contributed by atoms with E-state index in [9.17, 15) is 4.79 Å². The lowest BCUT2D eigenvalue weighted by Crippen LogP contribution is -2.40. The first-order chi connectivity index (χ1) is 16.5. The number of nitrogens with one attached hydrogen (secondary N) is 1. The summed E-state index contributed by atoms with van der Waals surface area (Å²) >= 11 is 3.61. The van der Waals surface area contributed by atoms with E-state index in [0.717, 1.165) is 64.2 Å². The molecule has 1 aliphatic rings. The number of nitrogens with zero attached hydrogens (tertiary/aromatic N) is 3. The molecule has 4 aromatic rings. The fraction of sp³-hybridized carbons (Fsp3) is 0.286. The minimum atomic E-state index is -0.0295. The largest absolute Gasteiger partial charge is 0.326 e. The van der Waals surface area contributed by atoms with Gasteiger partial charge in [0.1, 0.15) is 5.82 Å². The van der Waals surface area contributed by atoms with E-state index >= 15 is 0 Å². The van der Waals surface area contributed by atoms with Crippen molar-refractivity contribution in [3.63, 3.8) is 0 Å². The van der Waals surface area contributed by atoms with Crippen LogP contribution in [-0.2, 0) is 11.3 Å². The summed E-state index contributed by atoms with van der Waals surface area (Å²) in [5, 5.41) is 3.16. The Labute approximate surface area is 208 Å². The second-order valence-corrected chi connectivity index (χ2v) is 10.1. The molecule has 1 aliphatic heterocycles. The number of aryl methyl sites for hydroxylation is 2. The van der Waals surface area contributed by atoms with Gasteiger partial charge in [-0.15, -0.1) is 0 Å². The molecule has 5 rings (SSSR count). The van der Waals surface area contributed by atoms with Crippen molar-refractivity contribution >= 4 is 38.6 Å². The summed E-state index contributed by atoms with van der Waals surface area (Å²) in [7, 11) is 0. The van der Waals surface area contributed by atoms with Crippen LogP contribution in [0.3, 0.4) is 0 Å². The van der Waals surface area contributed by atoms with Crippen LogP contribution in [0, 0.1) is 19.8 Å². The van der Waals surface area contributed by atoms with Crippen molar-refractivity contribution in [2.24, 2.45) is 5.92 Å². The summed E-state index contributed by atoms with van der Waals surface area (Å²) in [6, 6.07) is 22.7. The maximum absolute atomic E-state index is 13.1. The van der Waals surface area contributed by atoms with Crippen LogP contribution in [-0.4, -0.2) is 33.4 Å². The maximum Gasteiger partial charge on any atom is 0.228 e. The van der Waals surface area contributed by atoms with E-state index < -0.39 is 0 Å². The van der Waals surface area contributed by atoms with Gasteiger partial charge in [0.05, 0.1) is 23.5 Å². The number of benzene rings is 3. The molecule has 0 radical (unpaired) electrons. The molecule has 0 aliphatic carbocycles. The molecule has 0 bridgehead atoms. The van der Waals surface area contributed by atoms with Gasteiger partial charge in [0.2, 0.25) is 5.91 Å². The van der Waals surface area contributed by atoms with Crippen molar-refractivity contribution in [2.75, 3.05) is 18.4 Å². The molecule has 0 saturated carbocycles. The van der Waals surface area contributed by atoms with Crippen LogP contribution in [0.15, 0.2) is 71.2 Å². The number of anilines is 1.